The van der Waals surface area contributed by atoms with E-state index in [4.69, 9.17) is 18.9 Å². The van der Waals surface area contributed by atoms with Gasteiger partial charge in [-0.3, -0.25) is 4.90 Å². The van der Waals surface area contributed by atoms with E-state index in [9.17, 15) is 9.90 Å². The molecule has 0 spiro atoms. The molecule has 0 aromatic heterocycles. The summed E-state index contributed by atoms with van der Waals surface area (Å²) in [5.74, 6) is 1.04. The van der Waals surface area contributed by atoms with Gasteiger partial charge in [0.05, 0.1) is 13.2 Å². The Kier molecular flexibility index (Phi) is 7.90. The van der Waals surface area contributed by atoms with Gasteiger partial charge in [0.1, 0.15) is 12.4 Å². The third-order valence-electron chi connectivity index (χ3n) is 5.29. The number of rotatable bonds is 11. The standard InChI is InChI=1S/C24H31NO6/c1-4-25(14-16-26)15-17-29-23(27)24(30-6-3)18-10-7-8-12-20(18)31-22-19(24)11-9-13-21(22)28-5-2/h7-13,26H,4-6,14-17H2,1-3H3. The number of benzene rings is 2. The Labute approximate surface area is 183 Å². The second-order valence-corrected chi connectivity index (χ2v) is 7.07. The fourth-order valence-electron chi connectivity index (χ4n) is 3.86. The van der Waals surface area contributed by atoms with Crippen molar-refractivity contribution in [1.82, 2.24) is 4.90 Å². The summed E-state index contributed by atoms with van der Waals surface area (Å²) >= 11 is 0. The summed E-state index contributed by atoms with van der Waals surface area (Å²) in [4.78, 5) is 15.6. The first-order valence-electron chi connectivity index (χ1n) is 10.8. The van der Waals surface area contributed by atoms with Crippen molar-refractivity contribution >= 4 is 5.97 Å². The lowest BCUT2D eigenvalue weighted by atomic mass is 9.82. The molecule has 0 radical (unpaired) electrons. The summed E-state index contributed by atoms with van der Waals surface area (Å²) in [6.45, 7) is 8.56. The van der Waals surface area contributed by atoms with Crippen LogP contribution in [0.4, 0.5) is 0 Å². The van der Waals surface area contributed by atoms with Crippen LogP contribution in [-0.4, -0.2) is 62.0 Å². The van der Waals surface area contributed by atoms with Crippen molar-refractivity contribution in [3.8, 4) is 17.2 Å². The largest absolute Gasteiger partial charge is 0.490 e. The Morgan fingerprint density at radius 1 is 1.03 bits per heavy atom. The normalized spacial score (nSPS) is 16.9. The van der Waals surface area contributed by atoms with Crippen molar-refractivity contribution in [3.63, 3.8) is 0 Å². The van der Waals surface area contributed by atoms with Crippen molar-refractivity contribution in [2.24, 2.45) is 0 Å². The number of carbonyl (C=O) groups excluding carboxylic acids is 1. The van der Waals surface area contributed by atoms with Crippen LogP contribution in [0.25, 0.3) is 0 Å². The molecule has 2 aromatic rings. The van der Waals surface area contributed by atoms with E-state index in [1.807, 2.05) is 68.1 Å². The number of aliphatic hydroxyl groups excluding tert-OH is 1. The van der Waals surface area contributed by atoms with Gasteiger partial charge in [0.15, 0.2) is 11.5 Å². The lowest BCUT2D eigenvalue weighted by Crippen LogP contribution is -2.44. The summed E-state index contributed by atoms with van der Waals surface area (Å²) in [6, 6.07) is 12.8. The minimum absolute atomic E-state index is 0.0585. The fourth-order valence-corrected chi connectivity index (χ4v) is 3.86. The first-order valence-corrected chi connectivity index (χ1v) is 10.8. The Morgan fingerprint density at radius 3 is 2.52 bits per heavy atom. The fraction of sp³-hybridized carbons (Fsp3) is 0.458. The summed E-state index contributed by atoms with van der Waals surface area (Å²) in [5.41, 5.74) is -0.294. The minimum Gasteiger partial charge on any atom is -0.490 e. The van der Waals surface area contributed by atoms with Crippen molar-refractivity contribution < 1.29 is 28.8 Å². The SMILES string of the molecule is CCOc1cccc2c1Oc1ccccc1C2(OCC)C(=O)OCCN(CC)CCO. The Bertz CT molecular complexity index is 886. The molecule has 0 saturated carbocycles. The third kappa shape index (κ3) is 4.54. The molecule has 1 aliphatic rings. The molecule has 1 N–H and O–H groups in total. The maximum absolute atomic E-state index is 13.6. The third-order valence-corrected chi connectivity index (χ3v) is 5.29. The number of hydrogen-bond acceptors (Lipinski definition) is 7. The predicted molar refractivity (Wildman–Crippen MR) is 117 cm³/mol. The van der Waals surface area contributed by atoms with Gasteiger partial charge in [-0.1, -0.05) is 37.3 Å². The van der Waals surface area contributed by atoms with Gasteiger partial charge in [0.25, 0.3) is 0 Å². The van der Waals surface area contributed by atoms with Crippen molar-refractivity contribution in [3.05, 3.63) is 53.6 Å². The molecule has 1 aliphatic heterocycles. The highest BCUT2D eigenvalue weighted by Gasteiger charge is 2.51. The van der Waals surface area contributed by atoms with E-state index in [1.165, 1.54) is 0 Å². The number of nitrogens with zero attached hydrogens (tertiary/aromatic N) is 1. The van der Waals surface area contributed by atoms with Crippen molar-refractivity contribution in [2.45, 2.75) is 26.4 Å². The lowest BCUT2D eigenvalue weighted by Gasteiger charge is -2.38. The average Bonchev–Trinajstić information content (AvgIpc) is 2.79. The van der Waals surface area contributed by atoms with Gasteiger partial charge in [-0.2, -0.15) is 0 Å². The maximum Gasteiger partial charge on any atom is 0.348 e. The van der Waals surface area contributed by atoms with Gasteiger partial charge in [-0.05, 0) is 32.5 Å². The summed E-state index contributed by atoms with van der Waals surface area (Å²) in [6.07, 6.45) is 0. The van der Waals surface area contributed by atoms with E-state index in [1.54, 1.807) is 0 Å². The topological polar surface area (TPSA) is 77.5 Å². The molecule has 1 heterocycles. The van der Waals surface area contributed by atoms with Gasteiger partial charge >= 0.3 is 5.97 Å². The van der Waals surface area contributed by atoms with Crippen LogP contribution in [0.2, 0.25) is 0 Å². The molecule has 3 rings (SSSR count). The maximum atomic E-state index is 13.6. The number of carbonyl (C=O) groups is 1. The molecule has 0 amide bonds. The molecule has 1 unspecified atom stereocenters. The van der Waals surface area contributed by atoms with Crippen LogP contribution in [-0.2, 0) is 19.9 Å². The lowest BCUT2D eigenvalue weighted by molar-refractivity contribution is -0.169. The monoisotopic (exact) mass is 429 g/mol. The zero-order valence-corrected chi connectivity index (χ0v) is 18.4. The van der Waals surface area contributed by atoms with Crippen LogP contribution in [0.5, 0.6) is 17.2 Å². The molecular formula is C24H31NO6. The quantitative estimate of drug-likeness (QED) is 0.549. The smallest absolute Gasteiger partial charge is 0.348 e. The molecule has 0 bridgehead atoms. The van der Waals surface area contributed by atoms with E-state index in [0.717, 1.165) is 6.54 Å². The number of aliphatic hydroxyl groups is 1. The van der Waals surface area contributed by atoms with Crippen molar-refractivity contribution in [1.29, 1.82) is 0 Å². The number of likely N-dealkylation sites (N-methyl/N-ethyl adjacent to an activating group) is 1. The molecule has 0 aliphatic carbocycles. The molecule has 168 valence electrons. The Balaban J connectivity index is 2.02. The zero-order chi connectivity index (χ0) is 22.3. The molecule has 31 heavy (non-hydrogen) atoms. The summed E-state index contributed by atoms with van der Waals surface area (Å²) in [7, 11) is 0. The highest BCUT2D eigenvalue weighted by molar-refractivity contribution is 5.89. The number of hydrogen-bond donors (Lipinski definition) is 1. The number of para-hydroxylation sites is 2. The van der Waals surface area contributed by atoms with Gasteiger partial charge < -0.3 is 24.1 Å². The predicted octanol–water partition coefficient (Wildman–Crippen LogP) is 3.33. The van der Waals surface area contributed by atoms with Gasteiger partial charge in [0.2, 0.25) is 5.60 Å². The molecule has 1 atom stereocenters. The number of esters is 1. The molecule has 0 saturated heterocycles. The highest BCUT2D eigenvalue weighted by atomic mass is 16.6. The van der Waals surface area contributed by atoms with Crippen LogP contribution >= 0.6 is 0 Å². The summed E-state index contributed by atoms with van der Waals surface area (Å²) in [5, 5.41) is 9.18. The van der Waals surface area contributed by atoms with Crippen molar-refractivity contribution in [2.75, 3.05) is 46.1 Å². The molecular weight excluding hydrogens is 398 g/mol. The van der Waals surface area contributed by atoms with Crippen LogP contribution in [0.3, 0.4) is 0 Å². The van der Waals surface area contributed by atoms with E-state index in [0.29, 0.717) is 54.7 Å². The second kappa shape index (κ2) is 10.6. The van der Waals surface area contributed by atoms with Gasteiger partial charge in [-0.15, -0.1) is 0 Å². The zero-order valence-electron chi connectivity index (χ0n) is 18.4. The molecule has 0 fully saturated rings. The van der Waals surface area contributed by atoms with Crippen LogP contribution in [0, 0.1) is 0 Å². The van der Waals surface area contributed by atoms with Crippen LogP contribution < -0.4 is 9.47 Å². The van der Waals surface area contributed by atoms with E-state index < -0.39 is 11.6 Å². The number of ether oxygens (including phenoxy) is 4. The molecule has 7 nitrogen and oxygen atoms in total. The number of fused-ring (bicyclic) bond motifs is 2. The minimum atomic E-state index is -1.46. The van der Waals surface area contributed by atoms with Gasteiger partial charge in [0, 0.05) is 30.8 Å². The van der Waals surface area contributed by atoms with Crippen LogP contribution in [0.15, 0.2) is 42.5 Å². The Morgan fingerprint density at radius 2 is 1.81 bits per heavy atom. The Hall–Kier alpha value is -2.61. The van der Waals surface area contributed by atoms with Gasteiger partial charge in [-0.25, -0.2) is 4.79 Å². The van der Waals surface area contributed by atoms with Crippen LogP contribution in [0.1, 0.15) is 31.9 Å². The molecule has 2 aromatic carbocycles. The first-order chi connectivity index (χ1) is 15.1. The molecule has 7 heteroatoms. The highest BCUT2D eigenvalue weighted by Crippen LogP contribution is 2.52. The average molecular weight is 430 g/mol. The van der Waals surface area contributed by atoms with E-state index in [-0.39, 0.29) is 13.2 Å². The second-order valence-electron chi connectivity index (χ2n) is 7.07. The summed E-state index contributed by atoms with van der Waals surface area (Å²) < 4.78 is 23.8. The first kappa shape index (κ1) is 23.1. The van der Waals surface area contributed by atoms with E-state index >= 15 is 0 Å². The van der Waals surface area contributed by atoms with E-state index in [2.05, 4.69) is 0 Å².